The highest BCUT2D eigenvalue weighted by atomic mass is 16.3. The molecule has 0 aliphatic carbocycles. The normalized spacial score (nSPS) is 11.0. The Morgan fingerprint density at radius 3 is 2.65 bits per heavy atom. The number of nitrogens with two attached hydrogens (primary N) is 1. The van der Waals surface area contributed by atoms with E-state index < -0.39 is 0 Å². The van der Waals surface area contributed by atoms with Gasteiger partial charge >= 0.3 is 0 Å². The summed E-state index contributed by atoms with van der Waals surface area (Å²) < 4.78 is 5.43. The zero-order chi connectivity index (χ0) is 12.1. The molecular weight excluding hydrogens is 214 g/mol. The first-order valence-electron chi connectivity index (χ1n) is 5.61. The monoisotopic (exact) mass is 231 g/mol. The minimum absolute atomic E-state index is 0.525. The molecule has 0 spiro atoms. The number of aromatic nitrogens is 1. The van der Waals surface area contributed by atoms with Gasteiger partial charge in [-0.1, -0.05) is 0 Å². The van der Waals surface area contributed by atoms with Crippen LogP contribution in [0.15, 0.2) is 41.3 Å². The van der Waals surface area contributed by atoms with E-state index in [0.29, 0.717) is 6.54 Å². The number of hydrogen-bond acceptors (Lipinski definition) is 4. The van der Waals surface area contributed by atoms with Crippen LogP contribution in [0.4, 0.5) is 0 Å². The van der Waals surface area contributed by atoms with Crippen molar-refractivity contribution in [1.29, 1.82) is 0 Å². The third kappa shape index (κ3) is 3.41. The van der Waals surface area contributed by atoms with Crippen LogP contribution in [0.5, 0.6) is 0 Å². The van der Waals surface area contributed by atoms with Crippen molar-refractivity contribution < 1.29 is 4.42 Å². The minimum atomic E-state index is 0.525. The zero-order valence-electron chi connectivity index (χ0n) is 9.97. The molecule has 0 bridgehead atoms. The van der Waals surface area contributed by atoms with E-state index in [-0.39, 0.29) is 0 Å². The van der Waals surface area contributed by atoms with E-state index in [4.69, 9.17) is 10.2 Å². The van der Waals surface area contributed by atoms with Gasteiger partial charge in [0.1, 0.15) is 5.76 Å². The lowest BCUT2D eigenvalue weighted by Crippen LogP contribution is -2.16. The summed E-state index contributed by atoms with van der Waals surface area (Å²) in [4.78, 5) is 6.19. The van der Waals surface area contributed by atoms with Crippen molar-refractivity contribution in [2.45, 2.75) is 19.6 Å². The van der Waals surface area contributed by atoms with Crippen LogP contribution in [0.25, 0.3) is 0 Å². The molecular formula is C13H17N3O. The van der Waals surface area contributed by atoms with Gasteiger partial charge in [-0.2, -0.15) is 0 Å². The van der Waals surface area contributed by atoms with Gasteiger partial charge in [0, 0.05) is 31.0 Å². The van der Waals surface area contributed by atoms with Crippen LogP contribution in [0.1, 0.15) is 16.9 Å². The molecule has 2 rings (SSSR count). The first kappa shape index (κ1) is 11.8. The highest BCUT2D eigenvalue weighted by Crippen LogP contribution is 2.11. The summed E-state index contributed by atoms with van der Waals surface area (Å²) in [6, 6.07) is 6.04. The molecule has 0 amide bonds. The molecule has 0 aliphatic heterocycles. The zero-order valence-corrected chi connectivity index (χ0v) is 9.97. The predicted molar refractivity (Wildman–Crippen MR) is 66.0 cm³/mol. The van der Waals surface area contributed by atoms with Crippen LogP contribution >= 0.6 is 0 Å². The topological polar surface area (TPSA) is 55.3 Å². The van der Waals surface area contributed by atoms with Gasteiger partial charge in [0.15, 0.2) is 0 Å². The van der Waals surface area contributed by atoms with Gasteiger partial charge < -0.3 is 10.2 Å². The summed E-state index contributed by atoms with van der Waals surface area (Å²) >= 11 is 0. The van der Waals surface area contributed by atoms with Gasteiger partial charge in [0.2, 0.25) is 0 Å². The van der Waals surface area contributed by atoms with E-state index in [0.717, 1.165) is 24.4 Å². The Morgan fingerprint density at radius 2 is 2.00 bits per heavy atom. The maximum atomic E-state index is 5.54. The molecule has 4 heteroatoms. The molecule has 17 heavy (non-hydrogen) atoms. The van der Waals surface area contributed by atoms with Crippen molar-refractivity contribution in [2.24, 2.45) is 5.73 Å². The van der Waals surface area contributed by atoms with Gasteiger partial charge in [0.05, 0.1) is 12.8 Å². The Hall–Kier alpha value is -1.65. The van der Waals surface area contributed by atoms with Crippen molar-refractivity contribution in [3.05, 3.63) is 53.7 Å². The molecule has 90 valence electrons. The summed E-state index contributed by atoms with van der Waals surface area (Å²) in [6.07, 6.45) is 5.33. The molecule has 0 unspecified atom stereocenters. The summed E-state index contributed by atoms with van der Waals surface area (Å²) in [5, 5.41) is 0. The fraction of sp³-hybridized carbons (Fsp3) is 0.308. The SMILES string of the molecule is CN(Cc1ccncc1)Cc1cc(CN)co1. The number of furan rings is 1. The highest BCUT2D eigenvalue weighted by molar-refractivity contribution is 5.13. The lowest BCUT2D eigenvalue weighted by atomic mass is 10.2. The van der Waals surface area contributed by atoms with Gasteiger partial charge in [-0.15, -0.1) is 0 Å². The molecule has 0 aromatic carbocycles. The fourth-order valence-electron chi connectivity index (χ4n) is 1.74. The lowest BCUT2D eigenvalue weighted by Gasteiger charge is -2.14. The molecule has 0 fully saturated rings. The van der Waals surface area contributed by atoms with Crippen molar-refractivity contribution in [2.75, 3.05) is 7.05 Å². The van der Waals surface area contributed by atoms with Crippen LogP contribution in [0.2, 0.25) is 0 Å². The Balaban J connectivity index is 1.91. The number of nitrogens with zero attached hydrogens (tertiary/aromatic N) is 2. The highest BCUT2D eigenvalue weighted by Gasteiger charge is 2.05. The van der Waals surface area contributed by atoms with E-state index in [1.807, 2.05) is 30.6 Å². The Bertz CT molecular complexity index is 453. The molecule has 2 heterocycles. The first-order valence-corrected chi connectivity index (χ1v) is 5.61. The van der Waals surface area contributed by atoms with E-state index in [2.05, 4.69) is 16.9 Å². The molecule has 0 saturated carbocycles. The first-order chi connectivity index (χ1) is 8.28. The summed E-state index contributed by atoms with van der Waals surface area (Å²) in [7, 11) is 2.06. The molecule has 2 aromatic heterocycles. The molecule has 0 atom stereocenters. The molecule has 2 N–H and O–H groups in total. The second-order valence-electron chi connectivity index (χ2n) is 4.15. The third-order valence-electron chi connectivity index (χ3n) is 2.57. The van der Waals surface area contributed by atoms with Crippen molar-refractivity contribution in [3.8, 4) is 0 Å². The van der Waals surface area contributed by atoms with Crippen LogP contribution in [-0.4, -0.2) is 16.9 Å². The maximum Gasteiger partial charge on any atom is 0.118 e. The van der Waals surface area contributed by atoms with Crippen molar-refractivity contribution in [1.82, 2.24) is 9.88 Å². The van der Waals surface area contributed by atoms with E-state index in [9.17, 15) is 0 Å². The second kappa shape index (κ2) is 5.61. The standard InChI is InChI=1S/C13H17N3O/c1-16(8-11-2-4-15-5-3-11)9-13-6-12(7-14)10-17-13/h2-6,10H,7-9,14H2,1H3. The third-order valence-corrected chi connectivity index (χ3v) is 2.57. The minimum Gasteiger partial charge on any atom is -0.468 e. The molecule has 0 saturated heterocycles. The van der Waals surface area contributed by atoms with Gasteiger partial charge in [-0.3, -0.25) is 9.88 Å². The van der Waals surface area contributed by atoms with Crippen LogP contribution in [0, 0.1) is 0 Å². The van der Waals surface area contributed by atoms with Crippen LogP contribution in [0.3, 0.4) is 0 Å². The van der Waals surface area contributed by atoms with Crippen molar-refractivity contribution in [3.63, 3.8) is 0 Å². The molecule has 0 aliphatic rings. The largest absolute Gasteiger partial charge is 0.468 e. The van der Waals surface area contributed by atoms with Gasteiger partial charge in [-0.25, -0.2) is 0 Å². The van der Waals surface area contributed by atoms with Gasteiger partial charge in [-0.05, 0) is 30.8 Å². The summed E-state index contributed by atoms with van der Waals surface area (Å²) in [6.45, 7) is 2.18. The Morgan fingerprint density at radius 1 is 1.24 bits per heavy atom. The molecule has 4 nitrogen and oxygen atoms in total. The number of hydrogen-bond donors (Lipinski definition) is 1. The number of pyridine rings is 1. The predicted octanol–water partition coefficient (Wildman–Crippen LogP) is 1.77. The van der Waals surface area contributed by atoms with E-state index >= 15 is 0 Å². The fourth-order valence-corrected chi connectivity index (χ4v) is 1.74. The lowest BCUT2D eigenvalue weighted by molar-refractivity contribution is 0.288. The van der Waals surface area contributed by atoms with E-state index in [1.54, 1.807) is 6.26 Å². The van der Waals surface area contributed by atoms with Crippen LogP contribution < -0.4 is 5.73 Å². The quantitative estimate of drug-likeness (QED) is 0.852. The van der Waals surface area contributed by atoms with E-state index in [1.165, 1.54) is 5.56 Å². The van der Waals surface area contributed by atoms with Crippen molar-refractivity contribution >= 4 is 0 Å². The Kier molecular flexibility index (Phi) is 3.90. The molecule has 2 aromatic rings. The Labute approximate surface area is 101 Å². The van der Waals surface area contributed by atoms with Gasteiger partial charge in [0.25, 0.3) is 0 Å². The molecule has 0 radical (unpaired) electrons. The summed E-state index contributed by atoms with van der Waals surface area (Å²) in [5.41, 5.74) is 7.82. The average molecular weight is 231 g/mol. The second-order valence-corrected chi connectivity index (χ2v) is 4.15. The maximum absolute atomic E-state index is 5.54. The van der Waals surface area contributed by atoms with Crippen LogP contribution in [-0.2, 0) is 19.6 Å². The number of rotatable bonds is 5. The average Bonchev–Trinajstić information content (AvgIpc) is 2.78. The smallest absolute Gasteiger partial charge is 0.118 e. The summed E-state index contributed by atoms with van der Waals surface area (Å²) in [5.74, 6) is 0.946.